The summed E-state index contributed by atoms with van der Waals surface area (Å²) in [6.45, 7) is 4.80. The number of hydrogen-bond acceptors (Lipinski definition) is 6. The smallest absolute Gasteiger partial charge is 0.191 e. The van der Waals surface area contributed by atoms with E-state index in [2.05, 4.69) is 32.6 Å². The molecule has 0 spiro atoms. The average Bonchev–Trinajstić information content (AvgIpc) is 2.69. The summed E-state index contributed by atoms with van der Waals surface area (Å²) in [5.74, 6) is 1.63. The van der Waals surface area contributed by atoms with Crippen molar-refractivity contribution in [2.75, 3.05) is 23.9 Å². The van der Waals surface area contributed by atoms with Crippen LogP contribution in [0.25, 0.3) is 0 Å². The number of anilines is 2. The summed E-state index contributed by atoms with van der Waals surface area (Å²) >= 11 is 1.53. The van der Waals surface area contributed by atoms with Gasteiger partial charge in [0.1, 0.15) is 11.6 Å². The van der Waals surface area contributed by atoms with Gasteiger partial charge in [0, 0.05) is 38.0 Å². The minimum Gasteiger partial charge on any atom is -0.373 e. The number of nitrogens with one attached hydrogen (secondary N) is 2. The molecule has 0 unspecified atom stereocenters. The maximum absolute atomic E-state index is 4.45. The third kappa shape index (κ3) is 3.04. The van der Waals surface area contributed by atoms with Gasteiger partial charge in [-0.15, -0.1) is 0 Å². The molecule has 2 aromatic heterocycles. The van der Waals surface area contributed by atoms with Crippen molar-refractivity contribution >= 4 is 23.4 Å². The minimum absolute atomic E-state index is 0.708. The van der Waals surface area contributed by atoms with Crippen LogP contribution in [-0.4, -0.2) is 33.1 Å². The van der Waals surface area contributed by atoms with Gasteiger partial charge in [0.2, 0.25) is 0 Å². The van der Waals surface area contributed by atoms with Crippen molar-refractivity contribution < 1.29 is 0 Å². The molecule has 2 aromatic rings. The Kier molecular flexibility index (Phi) is 4.49. The molecule has 0 atom stereocenters. The zero-order valence-electron chi connectivity index (χ0n) is 12.5. The fraction of sp³-hybridized carbons (Fsp3) is 0.462. The molecule has 0 aliphatic rings. The van der Waals surface area contributed by atoms with Crippen LogP contribution < -0.4 is 10.6 Å². The van der Waals surface area contributed by atoms with Crippen LogP contribution >= 0.6 is 11.8 Å². The predicted molar refractivity (Wildman–Crippen MR) is 83.4 cm³/mol. The Hall–Kier alpha value is -1.76. The molecule has 20 heavy (non-hydrogen) atoms. The van der Waals surface area contributed by atoms with Gasteiger partial charge in [-0.25, -0.2) is 9.97 Å². The van der Waals surface area contributed by atoms with Crippen LogP contribution in [0.2, 0.25) is 0 Å². The zero-order valence-corrected chi connectivity index (χ0v) is 13.3. The van der Waals surface area contributed by atoms with Crippen LogP contribution in [0.1, 0.15) is 17.0 Å². The monoisotopic (exact) mass is 292 g/mol. The van der Waals surface area contributed by atoms with Gasteiger partial charge in [-0.05, 0) is 20.1 Å². The van der Waals surface area contributed by atoms with Crippen molar-refractivity contribution in [1.29, 1.82) is 0 Å². The van der Waals surface area contributed by atoms with Crippen LogP contribution in [-0.2, 0) is 13.6 Å². The summed E-state index contributed by atoms with van der Waals surface area (Å²) in [7, 11) is 3.81. The lowest BCUT2D eigenvalue weighted by molar-refractivity contribution is 0.730. The Bertz CT molecular complexity index is 585. The maximum atomic E-state index is 4.45. The summed E-state index contributed by atoms with van der Waals surface area (Å²) in [4.78, 5) is 8.80. The van der Waals surface area contributed by atoms with Gasteiger partial charge in [-0.3, -0.25) is 4.68 Å². The summed E-state index contributed by atoms with van der Waals surface area (Å²) < 4.78 is 1.90. The second-order valence-corrected chi connectivity index (χ2v) is 5.28. The summed E-state index contributed by atoms with van der Waals surface area (Å²) in [6.07, 6.45) is 1.97. The molecule has 0 amide bonds. The molecule has 108 valence electrons. The van der Waals surface area contributed by atoms with Gasteiger partial charge in [-0.1, -0.05) is 11.8 Å². The first-order valence-corrected chi connectivity index (χ1v) is 7.61. The molecule has 0 bridgehead atoms. The van der Waals surface area contributed by atoms with Crippen LogP contribution in [0.5, 0.6) is 0 Å². The fourth-order valence-corrected chi connectivity index (χ4v) is 2.37. The van der Waals surface area contributed by atoms with E-state index in [9.17, 15) is 0 Å². The lowest BCUT2D eigenvalue weighted by atomic mass is 10.2. The number of thioether (sulfide) groups is 1. The van der Waals surface area contributed by atoms with Crippen LogP contribution in [0.4, 0.5) is 11.6 Å². The molecular weight excluding hydrogens is 272 g/mol. The molecule has 0 radical (unpaired) electrons. The van der Waals surface area contributed by atoms with E-state index >= 15 is 0 Å². The number of rotatable bonds is 5. The predicted octanol–water partition coefficient (Wildman–Crippen LogP) is 2.20. The third-order valence-corrected chi connectivity index (χ3v) is 3.80. The van der Waals surface area contributed by atoms with Crippen molar-refractivity contribution in [3.63, 3.8) is 0 Å². The van der Waals surface area contributed by atoms with Crippen LogP contribution in [0.15, 0.2) is 11.2 Å². The molecule has 0 aliphatic carbocycles. The molecule has 2 rings (SSSR count). The third-order valence-electron chi connectivity index (χ3n) is 3.25. The first-order valence-electron chi connectivity index (χ1n) is 6.39. The molecular formula is C13H20N6S. The quantitative estimate of drug-likeness (QED) is 0.650. The second-order valence-electron chi connectivity index (χ2n) is 4.50. The number of nitrogens with zero attached hydrogens (tertiary/aromatic N) is 4. The molecule has 0 aliphatic heterocycles. The molecule has 0 saturated heterocycles. The van der Waals surface area contributed by atoms with Gasteiger partial charge in [0.15, 0.2) is 5.16 Å². The van der Waals surface area contributed by atoms with Crippen molar-refractivity contribution in [1.82, 2.24) is 19.7 Å². The van der Waals surface area contributed by atoms with Crippen LogP contribution in [0.3, 0.4) is 0 Å². The van der Waals surface area contributed by atoms with Gasteiger partial charge in [0.05, 0.1) is 5.69 Å². The normalized spacial score (nSPS) is 10.7. The molecule has 2 N–H and O–H groups in total. The SMILES string of the molecule is CNc1cc(NCc2c(C)nn(C)c2C)nc(SC)n1. The van der Waals surface area contributed by atoms with Crippen molar-refractivity contribution in [3.8, 4) is 0 Å². The molecule has 0 saturated carbocycles. The van der Waals surface area contributed by atoms with Gasteiger partial charge < -0.3 is 10.6 Å². The highest BCUT2D eigenvalue weighted by atomic mass is 32.2. The highest BCUT2D eigenvalue weighted by molar-refractivity contribution is 7.98. The van der Waals surface area contributed by atoms with E-state index < -0.39 is 0 Å². The van der Waals surface area contributed by atoms with Gasteiger partial charge in [-0.2, -0.15) is 5.10 Å². The minimum atomic E-state index is 0.708. The van der Waals surface area contributed by atoms with Crippen molar-refractivity contribution in [3.05, 3.63) is 23.0 Å². The number of hydrogen-bond donors (Lipinski definition) is 2. The first-order chi connectivity index (χ1) is 9.55. The Morgan fingerprint density at radius 2 is 1.95 bits per heavy atom. The summed E-state index contributed by atoms with van der Waals surface area (Å²) in [5.41, 5.74) is 3.43. The van der Waals surface area contributed by atoms with E-state index in [0.717, 1.165) is 22.5 Å². The first kappa shape index (κ1) is 14.6. The average molecular weight is 292 g/mol. The van der Waals surface area contributed by atoms with Gasteiger partial charge >= 0.3 is 0 Å². The van der Waals surface area contributed by atoms with E-state index in [1.807, 2.05) is 38.0 Å². The highest BCUT2D eigenvalue weighted by Crippen LogP contribution is 2.19. The number of aryl methyl sites for hydroxylation is 2. The molecule has 0 aromatic carbocycles. The zero-order chi connectivity index (χ0) is 14.7. The van der Waals surface area contributed by atoms with E-state index in [1.165, 1.54) is 23.0 Å². The lowest BCUT2D eigenvalue weighted by Crippen LogP contribution is -2.06. The molecule has 7 heteroatoms. The second kappa shape index (κ2) is 6.13. The fourth-order valence-electron chi connectivity index (χ4n) is 1.99. The van der Waals surface area contributed by atoms with E-state index in [0.29, 0.717) is 6.54 Å². The summed E-state index contributed by atoms with van der Waals surface area (Å²) in [6, 6.07) is 1.90. The molecule has 2 heterocycles. The van der Waals surface area contributed by atoms with E-state index in [4.69, 9.17) is 0 Å². The van der Waals surface area contributed by atoms with E-state index in [-0.39, 0.29) is 0 Å². The highest BCUT2D eigenvalue weighted by Gasteiger charge is 2.10. The lowest BCUT2D eigenvalue weighted by Gasteiger charge is -2.09. The van der Waals surface area contributed by atoms with Crippen LogP contribution in [0, 0.1) is 13.8 Å². The van der Waals surface area contributed by atoms with Crippen molar-refractivity contribution in [2.24, 2.45) is 7.05 Å². The topological polar surface area (TPSA) is 67.7 Å². The standard InChI is InChI=1S/C13H20N6S/c1-8-10(9(2)19(4)18-8)7-15-12-6-11(14-3)16-13(17-12)20-5/h6H,7H2,1-5H3,(H2,14,15,16,17). The van der Waals surface area contributed by atoms with E-state index in [1.54, 1.807) is 0 Å². The number of aromatic nitrogens is 4. The molecule has 0 fully saturated rings. The summed E-state index contributed by atoms with van der Waals surface area (Å²) in [5, 5.41) is 11.6. The Balaban J connectivity index is 2.18. The van der Waals surface area contributed by atoms with Gasteiger partial charge in [0.25, 0.3) is 0 Å². The Morgan fingerprint density at radius 3 is 2.50 bits per heavy atom. The van der Waals surface area contributed by atoms with Crippen molar-refractivity contribution in [2.45, 2.75) is 25.5 Å². The Labute approximate surface area is 123 Å². The maximum Gasteiger partial charge on any atom is 0.191 e. The largest absolute Gasteiger partial charge is 0.373 e. The molecule has 6 nitrogen and oxygen atoms in total. The Morgan fingerprint density at radius 1 is 1.25 bits per heavy atom.